The van der Waals surface area contributed by atoms with Crippen molar-refractivity contribution in [1.82, 2.24) is 24.4 Å². The van der Waals surface area contributed by atoms with Crippen LogP contribution in [0.25, 0.3) is 27.9 Å². The molecule has 1 amide bonds. The molecule has 218 valence electrons. The summed E-state index contributed by atoms with van der Waals surface area (Å²) in [6.07, 6.45) is 9.33. The Kier molecular flexibility index (Phi) is 7.76. The third-order valence-electron chi connectivity index (χ3n) is 9.51. The SMILES string of the molecule is Cc1cc(C#C[Si](C)(C)C(C)(C)C)ncc1-c1c(C2=CC[C@@H](C(=O)N3CCC[C@H]3C#N)CC2)c2c(N)ncnc2n1C. The number of hydrogen-bond acceptors (Lipinski definition) is 6. The van der Waals surface area contributed by atoms with Gasteiger partial charge in [-0.05, 0) is 61.3 Å². The molecule has 0 saturated carbocycles. The number of aryl methyl sites for hydroxylation is 2. The van der Waals surface area contributed by atoms with E-state index in [4.69, 9.17) is 10.7 Å². The van der Waals surface area contributed by atoms with Gasteiger partial charge in [0.1, 0.15) is 37.6 Å². The highest BCUT2D eigenvalue weighted by atomic mass is 28.3. The number of nitrogens with two attached hydrogens (primary N) is 1. The third kappa shape index (κ3) is 5.23. The molecule has 3 aromatic rings. The van der Waals surface area contributed by atoms with E-state index in [9.17, 15) is 10.1 Å². The van der Waals surface area contributed by atoms with Gasteiger partial charge in [-0.1, -0.05) is 45.9 Å². The third-order valence-corrected chi connectivity index (χ3v) is 14.0. The number of rotatable bonds is 3. The Morgan fingerprint density at radius 2 is 1.95 bits per heavy atom. The van der Waals surface area contributed by atoms with Crippen molar-refractivity contribution in [3.63, 3.8) is 0 Å². The first-order chi connectivity index (χ1) is 19.8. The molecule has 0 spiro atoms. The highest BCUT2D eigenvalue weighted by Gasteiger charge is 2.35. The van der Waals surface area contributed by atoms with E-state index in [0.29, 0.717) is 18.8 Å². The number of nitrogen functional groups attached to an aromatic ring is 1. The molecule has 2 aliphatic rings. The smallest absolute Gasteiger partial charge is 0.227 e. The number of allylic oxidation sites excluding steroid dienone is 2. The molecule has 0 aromatic carbocycles. The number of carbonyl (C=O) groups is 1. The van der Waals surface area contributed by atoms with Crippen molar-refractivity contribution in [3.05, 3.63) is 41.5 Å². The first kappa shape index (κ1) is 29.5. The molecule has 0 bridgehead atoms. The molecule has 1 fully saturated rings. The fourth-order valence-corrected chi connectivity index (χ4v) is 6.68. The maximum Gasteiger partial charge on any atom is 0.227 e. The van der Waals surface area contributed by atoms with Crippen molar-refractivity contribution in [2.45, 2.75) is 84.0 Å². The molecule has 1 aliphatic heterocycles. The molecule has 2 atom stereocenters. The molecule has 0 radical (unpaired) electrons. The zero-order valence-corrected chi connectivity index (χ0v) is 26.9. The van der Waals surface area contributed by atoms with E-state index in [0.717, 1.165) is 70.4 Å². The molecule has 0 unspecified atom stereocenters. The predicted molar refractivity (Wildman–Crippen MR) is 171 cm³/mol. The molecular formula is C33H41N7OSi. The number of nitrogens with zero attached hydrogens (tertiary/aromatic N) is 6. The summed E-state index contributed by atoms with van der Waals surface area (Å²) in [5, 5.41) is 10.5. The summed E-state index contributed by atoms with van der Waals surface area (Å²) in [5.74, 6) is 3.79. The second-order valence-electron chi connectivity index (χ2n) is 13.3. The summed E-state index contributed by atoms with van der Waals surface area (Å²) in [5.41, 5.74) is 16.8. The molecule has 1 saturated heterocycles. The van der Waals surface area contributed by atoms with Crippen LogP contribution >= 0.6 is 0 Å². The molecule has 1 aliphatic carbocycles. The van der Waals surface area contributed by atoms with E-state index < -0.39 is 8.07 Å². The zero-order valence-electron chi connectivity index (χ0n) is 25.9. The van der Waals surface area contributed by atoms with Crippen molar-refractivity contribution in [2.24, 2.45) is 13.0 Å². The predicted octanol–water partition coefficient (Wildman–Crippen LogP) is 6.02. The van der Waals surface area contributed by atoms with Crippen LogP contribution in [0.1, 0.15) is 69.7 Å². The number of fused-ring (bicyclic) bond motifs is 1. The van der Waals surface area contributed by atoms with Crippen molar-refractivity contribution in [1.29, 1.82) is 5.26 Å². The largest absolute Gasteiger partial charge is 0.383 e. The minimum absolute atomic E-state index is 0.102. The number of hydrogen-bond donors (Lipinski definition) is 1. The topological polar surface area (TPSA) is 114 Å². The summed E-state index contributed by atoms with van der Waals surface area (Å²) in [4.78, 5) is 28.8. The average molecular weight is 580 g/mol. The molecule has 8 nitrogen and oxygen atoms in total. The van der Waals surface area contributed by atoms with E-state index >= 15 is 0 Å². The lowest BCUT2D eigenvalue weighted by atomic mass is 9.84. The summed E-state index contributed by atoms with van der Waals surface area (Å²) >= 11 is 0. The monoisotopic (exact) mass is 579 g/mol. The second-order valence-corrected chi connectivity index (χ2v) is 18.3. The van der Waals surface area contributed by atoms with Gasteiger partial charge in [0.05, 0.1) is 17.1 Å². The molecule has 9 heteroatoms. The summed E-state index contributed by atoms with van der Waals surface area (Å²) in [7, 11) is 0.238. The fraction of sp³-hybridized carbons (Fsp3) is 0.485. The number of aromatic nitrogens is 4. The Labute approximate surface area is 250 Å². The number of carbonyl (C=O) groups excluding carboxylic acids is 1. The Hall–Kier alpha value is -3.95. The van der Waals surface area contributed by atoms with Gasteiger partial charge >= 0.3 is 0 Å². The Balaban J connectivity index is 1.54. The van der Waals surface area contributed by atoms with Crippen molar-refractivity contribution in [3.8, 4) is 28.8 Å². The van der Waals surface area contributed by atoms with Gasteiger partial charge in [-0.15, -0.1) is 5.54 Å². The van der Waals surface area contributed by atoms with Gasteiger partial charge in [-0.25, -0.2) is 15.0 Å². The van der Waals surface area contributed by atoms with Gasteiger partial charge in [0.2, 0.25) is 5.91 Å². The molecule has 2 N–H and O–H groups in total. The summed E-state index contributed by atoms with van der Waals surface area (Å²) < 4.78 is 2.08. The van der Waals surface area contributed by atoms with E-state index in [1.54, 1.807) is 4.90 Å². The Morgan fingerprint density at radius 3 is 2.60 bits per heavy atom. The van der Waals surface area contributed by atoms with Crippen LogP contribution in [0.15, 0.2) is 24.7 Å². The molecule has 4 heterocycles. The average Bonchev–Trinajstić information content (AvgIpc) is 3.54. The number of nitriles is 1. The number of pyridine rings is 1. The quantitative estimate of drug-likeness (QED) is 0.300. The number of amides is 1. The van der Waals surface area contributed by atoms with Crippen LogP contribution in [0.2, 0.25) is 18.1 Å². The maximum absolute atomic E-state index is 13.3. The lowest BCUT2D eigenvalue weighted by Gasteiger charge is -2.31. The standard InChI is InChI=1S/C33H41N7OSi/c1-21-17-24(14-16-42(6,7)33(2,3)4)36-19-26(21)29-27(28-30(35)37-20-38-31(28)39(29)5)22-10-12-23(13-11-22)32(41)40-15-8-9-25(40)18-34/h10,17,19-20,23,25H,8-9,11-13,15H2,1-7H3,(H2,35,37,38)/t23-,25+/m1/s1. The minimum atomic E-state index is -1.77. The molecule has 42 heavy (non-hydrogen) atoms. The lowest BCUT2D eigenvalue weighted by molar-refractivity contribution is -0.135. The number of anilines is 1. The minimum Gasteiger partial charge on any atom is -0.383 e. The van der Waals surface area contributed by atoms with Gasteiger partial charge < -0.3 is 15.2 Å². The molecular weight excluding hydrogens is 538 g/mol. The van der Waals surface area contributed by atoms with E-state index in [2.05, 4.69) is 85.0 Å². The normalized spacial score (nSPS) is 19.3. The van der Waals surface area contributed by atoms with Gasteiger partial charge in [0.25, 0.3) is 0 Å². The van der Waals surface area contributed by atoms with Crippen LogP contribution in [-0.4, -0.2) is 51.0 Å². The van der Waals surface area contributed by atoms with Crippen LogP contribution in [0, 0.1) is 35.6 Å². The van der Waals surface area contributed by atoms with Crippen LogP contribution in [0.3, 0.4) is 0 Å². The van der Waals surface area contributed by atoms with E-state index in [-0.39, 0.29) is 22.9 Å². The van der Waals surface area contributed by atoms with Crippen molar-refractivity contribution in [2.75, 3.05) is 12.3 Å². The second kappa shape index (κ2) is 11.0. The van der Waals surface area contributed by atoms with Crippen molar-refractivity contribution >= 4 is 36.4 Å². The van der Waals surface area contributed by atoms with Gasteiger partial charge in [-0.3, -0.25) is 4.79 Å². The lowest BCUT2D eigenvalue weighted by Crippen LogP contribution is -2.39. The number of likely N-dealkylation sites (tertiary alicyclic amines) is 1. The maximum atomic E-state index is 13.3. The van der Waals surface area contributed by atoms with Gasteiger partial charge in [-0.2, -0.15) is 5.26 Å². The van der Waals surface area contributed by atoms with E-state index in [1.807, 2.05) is 13.2 Å². The van der Waals surface area contributed by atoms with Crippen LogP contribution in [0.4, 0.5) is 5.82 Å². The van der Waals surface area contributed by atoms with Gasteiger partial charge in [0.15, 0.2) is 0 Å². The molecule has 3 aromatic heterocycles. The Morgan fingerprint density at radius 1 is 1.19 bits per heavy atom. The fourth-order valence-electron chi connectivity index (χ4n) is 5.87. The highest BCUT2D eigenvalue weighted by molar-refractivity contribution is 6.87. The Bertz CT molecular complexity index is 1690. The zero-order chi connectivity index (χ0) is 30.4. The van der Waals surface area contributed by atoms with Crippen LogP contribution in [0.5, 0.6) is 0 Å². The molecule has 5 rings (SSSR count). The van der Waals surface area contributed by atoms with E-state index in [1.165, 1.54) is 6.33 Å². The van der Waals surface area contributed by atoms with Crippen LogP contribution < -0.4 is 5.73 Å². The highest BCUT2D eigenvalue weighted by Crippen LogP contribution is 2.44. The van der Waals surface area contributed by atoms with Crippen molar-refractivity contribution < 1.29 is 4.79 Å². The first-order valence-corrected chi connectivity index (χ1v) is 17.8. The summed E-state index contributed by atoms with van der Waals surface area (Å²) in [6, 6.07) is 4.07. The summed E-state index contributed by atoms with van der Waals surface area (Å²) in [6.45, 7) is 14.2. The first-order valence-electron chi connectivity index (χ1n) is 14.8. The van der Waals surface area contributed by atoms with Gasteiger partial charge in [0, 0.05) is 36.8 Å². The van der Waals surface area contributed by atoms with Crippen LogP contribution in [-0.2, 0) is 11.8 Å².